The molecule has 0 spiro atoms. The first kappa shape index (κ1) is 20.5. The van der Waals surface area contributed by atoms with E-state index >= 15 is 0 Å². The molecule has 1 N–H and O–H groups in total. The zero-order valence-corrected chi connectivity index (χ0v) is 17.1. The first-order chi connectivity index (χ1) is 13.5. The van der Waals surface area contributed by atoms with Gasteiger partial charge in [0.15, 0.2) is 9.84 Å². The van der Waals surface area contributed by atoms with Crippen LogP contribution in [0.25, 0.3) is 0 Å². The van der Waals surface area contributed by atoms with Crippen molar-refractivity contribution < 1.29 is 17.6 Å². The Bertz CT molecular complexity index is 1040. The molecule has 146 valence electrons. The lowest BCUT2D eigenvalue weighted by Gasteiger charge is -2.09. The van der Waals surface area contributed by atoms with E-state index < -0.39 is 15.7 Å². The van der Waals surface area contributed by atoms with Crippen molar-refractivity contribution in [2.45, 2.75) is 16.5 Å². The van der Waals surface area contributed by atoms with Crippen LogP contribution in [0.4, 0.5) is 4.39 Å². The largest absolute Gasteiger partial charge is 0.347 e. The third-order valence-corrected chi connectivity index (χ3v) is 7.66. The average molecular weight is 437 g/mol. The summed E-state index contributed by atoms with van der Waals surface area (Å²) in [5.74, 6) is -0.664. The number of sulfone groups is 1. The summed E-state index contributed by atoms with van der Waals surface area (Å²) < 4.78 is 37.7. The van der Waals surface area contributed by atoms with Crippen molar-refractivity contribution in [3.8, 4) is 0 Å². The van der Waals surface area contributed by atoms with Crippen LogP contribution in [0.2, 0.25) is 0 Å². The van der Waals surface area contributed by atoms with Crippen LogP contribution in [-0.2, 0) is 16.4 Å². The molecule has 0 fully saturated rings. The van der Waals surface area contributed by atoms with E-state index in [4.69, 9.17) is 0 Å². The number of hydrogen-bond acceptors (Lipinski definition) is 6. The summed E-state index contributed by atoms with van der Waals surface area (Å²) >= 11 is 2.75. The molecule has 0 aliphatic carbocycles. The zero-order valence-electron chi connectivity index (χ0n) is 14.7. The predicted molar refractivity (Wildman–Crippen MR) is 109 cm³/mol. The lowest BCUT2D eigenvalue weighted by atomic mass is 10.2. The molecule has 0 atom stereocenters. The Morgan fingerprint density at radius 1 is 1.14 bits per heavy atom. The Morgan fingerprint density at radius 3 is 2.64 bits per heavy atom. The van der Waals surface area contributed by atoms with Crippen molar-refractivity contribution in [2.75, 3.05) is 11.5 Å². The number of amides is 1. The van der Waals surface area contributed by atoms with Gasteiger partial charge in [0.05, 0.1) is 22.8 Å². The average Bonchev–Trinajstić information content (AvgIpc) is 3.20. The Labute approximate surface area is 170 Å². The predicted octanol–water partition coefficient (Wildman–Crippen LogP) is 3.78. The van der Waals surface area contributed by atoms with Gasteiger partial charge in [0.2, 0.25) is 0 Å². The van der Waals surface area contributed by atoms with Gasteiger partial charge >= 0.3 is 0 Å². The lowest BCUT2D eigenvalue weighted by molar-refractivity contribution is 0.0947. The number of pyridine rings is 1. The fourth-order valence-electron chi connectivity index (χ4n) is 2.36. The molecule has 1 amide bonds. The highest BCUT2D eigenvalue weighted by Crippen LogP contribution is 2.22. The van der Waals surface area contributed by atoms with E-state index in [9.17, 15) is 17.6 Å². The molecule has 0 saturated heterocycles. The first-order valence-corrected chi connectivity index (χ1v) is 11.8. The molecular weight excluding hydrogens is 419 g/mol. The SMILES string of the molecule is O=C(NCc1cccs1)c1cccnc1SCCS(=O)(=O)c1ccc(F)cc1. The summed E-state index contributed by atoms with van der Waals surface area (Å²) in [5.41, 5.74) is 0.406. The number of aromatic nitrogens is 1. The van der Waals surface area contributed by atoms with Crippen molar-refractivity contribution in [3.63, 3.8) is 0 Å². The van der Waals surface area contributed by atoms with Crippen LogP contribution in [0.1, 0.15) is 15.2 Å². The number of hydrogen-bond donors (Lipinski definition) is 1. The van der Waals surface area contributed by atoms with Crippen LogP contribution in [0.15, 0.2) is 70.0 Å². The molecule has 1 aromatic carbocycles. The third kappa shape index (κ3) is 5.40. The maximum atomic E-state index is 13.0. The Balaban J connectivity index is 1.61. The standard InChI is InChI=1S/C19H17FN2O3S3/c20-14-5-7-16(8-6-14)28(24,25)12-11-27-19-17(4-1-9-21-19)18(23)22-13-15-3-2-10-26-15/h1-10H,11-13H2,(H,22,23). The van der Waals surface area contributed by atoms with Crippen molar-refractivity contribution in [3.05, 3.63) is 76.4 Å². The molecule has 3 rings (SSSR count). The topological polar surface area (TPSA) is 76.1 Å². The molecule has 0 bridgehead atoms. The second-order valence-electron chi connectivity index (χ2n) is 5.74. The molecule has 0 aliphatic heterocycles. The normalized spacial score (nSPS) is 11.3. The van der Waals surface area contributed by atoms with Gasteiger partial charge in [-0.2, -0.15) is 0 Å². The number of carbonyl (C=O) groups is 1. The number of rotatable bonds is 8. The highest BCUT2D eigenvalue weighted by molar-refractivity contribution is 8.00. The maximum absolute atomic E-state index is 13.0. The number of nitrogens with zero attached hydrogens (tertiary/aromatic N) is 1. The Morgan fingerprint density at radius 2 is 1.93 bits per heavy atom. The van der Waals surface area contributed by atoms with E-state index in [2.05, 4.69) is 10.3 Å². The summed E-state index contributed by atoms with van der Waals surface area (Å²) in [7, 11) is -3.53. The smallest absolute Gasteiger partial charge is 0.254 e. The van der Waals surface area contributed by atoms with Crippen molar-refractivity contribution in [1.29, 1.82) is 0 Å². The van der Waals surface area contributed by atoms with Crippen LogP contribution in [0.5, 0.6) is 0 Å². The number of carbonyl (C=O) groups excluding carboxylic acids is 1. The molecule has 0 unspecified atom stereocenters. The number of nitrogens with one attached hydrogen (secondary N) is 1. The van der Waals surface area contributed by atoms with E-state index in [1.54, 1.807) is 29.7 Å². The number of thioether (sulfide) groups is 1. The van der Waals surface area contributed by atoms with Crippen LogP contribution in [0, 0.1) is 5.82 Å². The van der Waals surface area contributed by atoms with Crippen molar-refractivity contribution in [1.82, 2.24) is 10.3 Å². The molecule has 0 radical (unpaired) electrons. The fraction of sp³-hybridized carbons (Fsp3) is 0.158. The minimum atomic E-state index is -3.53. The number of benzene rings is 1. The van der Waals surface area contributed by atoms with Crippen LogP contribution in [-0.4, -0.2) is 30.8 Å². The minimum absolute atomic E-state index is 0.0736. The van der Waals surface area contributed by atoms with Gasteiger partial charge in [-0.25, -0.2) is 17.8 Å². The summed E-state index contributed by atoms with van der Waals surface area (Å²) in [4.78, 5) is 17.8. The number of halogens is 1. The van der Waals surface area contributed by atoms with Gasteiger partial charge in [-0.3, -0.25) is 4.79 Å². The van der Waals surface area contributed by atoms with Gasteiger partial charge in [0, 0.05) is 16.8 Å². The van der Waals surface area contributed by atoms with Crippen molar-refractivity contribution >= 4 is 38.8 Å². The third-order valence-electron chi connectivity index (χ3n) is 3.78. The summed E-state index contributed by atoms with van der Waals surface area (Å²) in [6.45, 7) is 0.425. The van der Waals surface area contributed by atoms with E-state index in [0.29, 0.717) is 17.1 Å². The van der Waals surface area contributed by atoms with Gasteiger partial charge in [-0.15, -0.1) is 23.1 Å². The van der Waals surface area contributed by atoms with Gasteiger partial charge in [-0.05, 0) is 47.8 Å². The molecule has 2 heterocycles. The molecule has 0 aliphatic rings. The quantitative estimate of drug-likeness (QED) is 0.430. The van der Waals surface area contributed by atoms with Crippen molar-refractivity contribution in [2.24, 2.45) is 0 Å². The fourth-order valence-corrected chi connectivity index (χ4v) is 5.65. The zero-order chi connectivity index (χ0) is 20.0. The molecule has 3 aromatic rings. The van der Waals surface area contributed by atoms with Crippen LogP contribution < -0.4 is 5.32 Å². The summed E-state index contributed by atoms with van der Waals surface area (Å²) in [6.07, 6.45) is 1.56. The highest BCUT2D eigenvalue weighted by Gasteiger charge is 2.17. The van der Waals surface area contributed by atoms with E-state index in [0.717, 1.165) is 17.0 Å². The van der Waals surface area contributed by atoms with E-state index in [1.165, 1.54) is 23.9 Å². The van der Waals surface area contributed by atoms with E-state index in [-0.39, 0.29) is 22.3 Å². The second kappa shape index (κ2) is 9.31. The lowest BCUT2D eigenvalue weighted by Crippen LogP contribution is -2.23. The minimum Gasteiger partial charge on any atom is -0.347 e. The molecule has 28 heavy (non-hydrogen) atoms. The van der Waals surface area contributed by atoms with Crippen LogP contribution >= 0.6 is 23.1 Å². The Kier molecular flexibility index (Phi) is 6.82. The molecule has 0 saturated carbocycles. The second-order valence-corrected chi connectivity index (χ2v) is 9.96. The van der Waals surface area contributed by atoms with Gasteiger partial charge in [0.25, 0.3) is 5.91 Å². The highest BCUT2D eigenvalue weighted by atomic mass is 32.2. The molecule has 2 aromatic heterocycles. The van der Waals surface area contributed by atoms with Gasteiger partial charge < -0.3 is 5.32 Å². The van der Waals surface area contributed by atoms with Gasteiger partial charge in [-0.1, -0.05) is 6.07 Å². The van der Waals surface area contributed by atoms with E-state index in [1.807, 2.05) is 17.5 Å². The molecule has 9 heteroatoms. The van der Waals surface area contributed by atoms with Crippen LogP contribution in [0.3, 0.4) is 0 Å². The molecular formula is C19H17FN2O3S3. The first-order valence-electron chi connectivity index (χ1n) is 8.32. The van der Waals surface area contributed by atoms with Gasteiger partial charge in [0.1, 0.15) is 10.8 Å². The maximum Gasteiger partial charge on any atom is 0.254 e. The number of thiophene rings is 1. The Hall–Kier alpha value is -2.23. The molecule has 5 nitrogen and oxygen atoms in total. The summed E-state index contributed by atoms with van der Waals surface area (Å²) in [6, 6.07) is 11.9. The summed E-state index contributed by atoms with van der Waals surface area (Å²) in [5, 5.41) is 5.26. The monoisotopic (exact) mass is 436 g/mol.